The molecule has 8 nitrogen and oxygen atoms in total. The number of halogens is 5. The Kier molecular flexibility index (Phi) is 6.89. The molecule has 4 aromatic rings. The molecule has 3 heterocycles. The van der Waals surface area contributed by atoms with E-state index in [1.54, 1.807) is 9.58 Å². The summed E-state index contributed by atoms with van der Waals surface area (Å²) in [7, 11) is 0. The van der Waals surface area contributed by atoms with Gasteiger partial charge in [-0.25, -0.2) is 27.8 Å². The molecule has 202 valence electrons. The van der Waals surface area contributed by atoms with Crippen molar-refractivity contribution in [3.8, 4) is 22.8 Å². The summed E-state index contributed by atoms with van der Waals surface area (Å²) < 4.78 is 76.9. The molecule has 1 saturated heterocycles. The molecule has 1 aliphatic rings. The number of anilines is 1. The van der Waals surface area contributed by atoms with Crippen molar-refractivity contribution < 1.29 is 31.5 Å². The normalized spacial score (nSPS) is 15.5. The van der Waals surface area contributed by atoms with E-state index in [0.717, 1.165) is 25.0 Å². The second-order valence-corrected chi connectivity index (χ2v) is 9.03. The van der Waals surface area contributed by atoms with E-state index in [4.69, 9.17) is 10.5 Å². The summed E-state index contributed by atoms with van der Waals surface area (Å²) in [4.78, 5) is 22.0. The van der Waals surface area contributed by atoms with Crippen LogP contribution in [0, 0.1) is 35.0 Å². The van der Waals surface area contributed by atoms with E-state index in [1.165, 1.54) is 18.5 Å². The Morgan fingerprint density at radius 3 is 2.54 bits per heavy atom. The Morgan fingerprint density at radius 2 is 1.85 bits per heavy atom. The van der Waals surface area contributed by atoms with Crippen LogP contribution in [-0.2, 0) is 11.3 Å². The van der Waals surface area contributed by atoms with Crippen LogP contribution in [0.25, 0.3) is 22.3 Å². The van der Waals surface area contributed by atoms with Crippen LogP contribution in [0.5, 0.6) is 11.5 Å². The largest absolute Gasteiger partial charge is 0.451 e. The van der Waals surface area contributed by atoms with Crippen molar-refractivity contribution in [2.45, 2.75) is 19.4 Å². The number of amides is 1. The minimum absolute atomic E-state index is 0.0341. The van der Waals surface area contributed by atoms with Gasteiger partial charge in [-0.2, -0.15) is 13.9 Å². The van der Waals surface area contributed by atoms with Crippen molar-refractivity contribution in [2.75, 3.05) is 18.8 Å². The lowest BCUT2D eigenvalue weighted by Crippen LogP contribution is -2.40. The molecule has 1 fully saturated rings. The van der Waals surface area contributed by atoms with Gasteiger partial charge < -0.3 is 15.4 Å². The Labute approximate surface area is 218 Å². The van der Waals surface area contributed by atoms with Crippen LogP contribution in [0.2, 0.25) is 0 Å². The van der Waals surface area contributed by atoms with E-state index < -0.39 is 40.6 Å². The second-order valence-electron chi connectivity index (χ2n) is 9.03. The molecule has 1 aliphatic heterocycles. The fourth-order valence-corrected chi connectivity index (χ4v) is 4.64. The predicted molar refractivity (Wildman–Crippen MR) is 131 cm³/mol. The summed E-state index contributed by atoms with van der Waals surface area (Å²) in [5, 5.41) is 4.82. The fraction of sp³-hybridized carbons (Fsp3) is 0.231. The lowest BCUT2D eigenvalue weighted by atomic mass is 9.98. The minimum atomic E-state index is -1.76. The van der Waals surface area contributed by atoms with Gasteiger partial charge in [0.05, 0.1) is 5.39 Å². The summed E-state index contributed by atoms with van der Waals surface area (Å²) >= 11 is 0. The van der Waals surface area contributed by atoms with E-state index in [9.17, 15) is 22.4 Å². The summed E-state index contributed by atoms with van der Waals surface area (Å²) in [6.07, 6.45) is 4.14. The van der Waals surface area contributed by atoms with Gasteiger partial charge in [0.25, 0.3) is 0 Å². The minimum Gasteiger partial charge on any atom is -0.451 e. The molecule has 2 N–H and O–H groups in total. The highest BCUT2D eigenvalue weighted by Gasteiger charge is 2.26. The van der Waals surface area contributed by atoms with E-state index in [0.29, 0.717) is 25.3 Å². The Balaban J connectivity index is 1.49. The summed E-state index contributed by atoms with van der Waals surface area (Å²) in [6, 6.07) is 3.21. The molecule has 0 aliphatic carbocycles. The zero-order valence-electron chi connectivity index (χ0n) is 20.3. The highest BCUT2D eigenvalue weighted by molar-refractivity contribution is 5.98. The topological polar surface area (TPSA) is 99.2 Å². The van der Waals surface area contributed by atoms with Crippen molar-refractivity contribution in [3.63, 3.8) is 0 Å². The van der Waals surface area contributed by atoms with Crippen molar-refractivity contribution in [1.82, 2.24) is 24.6 Å². The third kappa shape index (κ3) is 4.87. The zero-order chi connectivity index (χ0) is 27.8. The van der Waals surface area contributed by atoms with Crippen LogP contribution >= 0.6 is 0 Å². The maximum absolute atomic E-state index is 15.3. The molecule has 1 unspecified atom stereocenters. The predicted octanol–water partition coefficient (Wildman–Crippen LogP) is 4.99. The van der Waals surface area contributed by atoms with Crippen LogP contribution in [0.3, 0.4) is 0 Å². The molecule has 0 spiro atoms. The van der Waals surface area contributed by atoms with Crippen LogP contribution in [0.1, 0.15) is 12.8 Å². The highest BCUT2D eigenvalue weighted by Crippen LogP contribution is 2.36. The first-order valence-corrected chi connectivity index (χ1v) is 11.9. The third-order valence-electron chi connectivity index (χ3n) is 6.48. The Bertz CT molecular complexity index is 1580. The smallest absolute Gasteiger partial charge is 0.245 e. The van der Waals surface area contributed by atoms with E-state index in [2.05, 4.69) is 21.6 Å². The van der Waals surface area contributed by atoms with Crippen LogP contribution in [0.4, 0.5) is 27.8 Å². The van der Waals surface area contributed by atoms with Crippen molar-refractivity contribution >= 4 is 22.8 Å². The van der Waals surface area contributed by atoms with Gasteiger partial charge in [-0.05, 0) is 37.0 Å². The molecule has 5 rings (SSSR count). The Hall–Kier alpha value is -4.55. The first-order chi connectivity index (χ1) is 18.7. The van der Waals surface area contributed by atoms with Crippen LogP contribution < -0.4 is 10.5 Å². The van der Waals surface area contributed by atoms with Gasteiger partial charge in [0.2, 0.25) is 23.3 Å². The van der Waals surface area contributed by atoms with Crippen molar-refractivity contribution in [2.24, 2.45) is 5.92 Å². The van der Waals surface area contributed by atoms with Gasteiger partial charge in [0.15, 0.2) is 17.3 Å². The first-order valence-electron chi connectivity index (χ1n) is 11.9. The number of benzene rings is 2. The molecule has 1 atom stereocenters. The number of rotatable bonds is 6. The van der Waals surface area contributed by atoms with Gasteiger partial charge in [-0.1, -0.05) is 6.58 Å². The average Bonchev–Trinajstić information content (AvgIpc) is 3.28. The fourth-order valence-electron chi connectivity index (χ4n) is 4.64. The number of carbonyl (C=O) groups excluding carboxylic acids is 1. The molecule has 0 radical (unpaired) electrons. The number of ether oxygens (including phenoxy) is 1. The standard InChI is InChI=1S/C26H21F5N6O2/c1-2-19(38)36-7-3-4-13(10-36)11-37-26-20(25(32)33-12-34-26)23(35-37)15-6-5-14(8-16(15)27)39-24-21(30)17(28)9-18(29)22(24)31/h2,5-6,8-9,12-13H,1,3-4,7,10-11H2,(H2,32,33,34). The van der Waals surface area contributed by atoms with Crippen molar-refractivity contribution in [3.05, 3.63) is 72.3 Å². The molecule has 1 amide bonds. The number of nitrogens with zero attached hydrogens (tertiary/aromatic N) is 5. The number of aromatic nitrogens is 4. The number of piperidine rings is 1. The van der Waals surface area contributed by atoms with Crippen LogP contribution in [0.15, 0.2) is 43.2 Å². The number of nitrogens with two attached hydrogens (primary N) is 1. The molecule has 0 bridgehead atoms. The molecule has 39 heavy (non-hydrogen) atoms. The number of hydrogen-bond acceptors (Lipinski definition) is 6. The summed E-state index contributed by atoms with van der Waals surface area (Å²) in [5.74, 6) is -9.60. The first kappa shape index (κ1) is 26.1. The van der Waals surface area contributed by atoms with Crippen LogP contribution in [-0.4, -0.2) is 43.6 Å². The Morgan fingerprint density at radius 1 is 1.10 bits per heavy atom. The van der Waals surface area contributed by atoms with Gasteiger partial charge in [0.1, 0.15) is 29.4 Å². The van der Waals surface area contributed by atoms with Crippen molar-refractivity contribution in [1.29, 1.82) is 0 Å². The number of hydrogen-bond donors (Lipinski definition) is 1. The lowest BCUT2D eigenvalue weighted by molar-refractivity contribution is -0.127. The molecule has 0 saturated carbocycles. The van der Waals surface area contributed by atoms with E-state index in [-0.39, 0.29) is 40.4 Å². The lowest BCUT2D eigenvalue weighted by Gasteiger charge is -2.32. The monoisotopic (exact) mass is 544 g/mol. The maximum atomic E-state index is 15.3. The van der Waals surface area contributed by atoms with Gasteiger partial charge >= 0.3 is 0 Å². The van der Waals surface area contributed by atoms with Gasteiger partial charge in [0, 0.05) is 37.3 Å². The molecular formula is C26H21F5N6O2. The van der Waals surface area contributed by atoms with E-state index in [1.807, 2.05) is 0 Å². The molecule has 2 aromatic heterocycles. The summed E-state index contributed by atoms with van der Waals surface area (Å²) in [6.45, 7) is 5.00. The summed E-state index contributed by atoms with van der Waals surface area (Å²) in [5.41, 5.74) is 6.50. The number of carbonyl (C=O) groups is 1. The zero-order valence-corrected chi connectivity index (χ0v) is 20.3. The number of likely N-dealkylation sites (tertiary alicyclic amines) is 1. The molecule has 2 aromatic carbocycles. The molecule has 13 heteroatoms. The highest BCUT2D eigenvalue weighted by atomic mass is 19.2. The maximum Gasteiger partial charge on any atom is 0.245 e. The van der Waals surface area contributed by atoms with E-state index >= 15 is 4.39 Å². The van der Waals surface area contributed by atoms with Gasteiger partial charge in [-0.3, -0.25) is 4.79 Å². The SMILES string of the molecule is C=CC(=O)N1CCCC(Cn2nc(-c3ccc(Oc4c(F)c(F)cc(F)c4F)cc3F)c3c(N)ncnc32)C1. The van der Waals surface area contributed by atoms with Gasteiger partial charge in [-0.15, -0.1) is 0 Å². The number of nitrogen functional groups attached to an aromatic ring is 1. The quantitative estimate of drug-likeness (QED) is 0.209. The third-order valence-corrected chi connectivity index (χ3v) is 6.48. The second kappa shape index (κ2) is 10.3. The molecular weight excluding hydrogens is 523 g/mol. The average molecular weight is 544 g/mol. The number of fused-ring (bicyclic) bond motifs is 1.